The Labute approximate surface area is 392 Å². The molecule has 1 nitrogen and oxygen atoms in total. The fourth-order valence-corrected chi connectivity index (χ4v) is 13.4. The van der Waals surface area contributed by atoms with Gasteiger partial charge in [-0.25, -0.2) is 0 Å². The SMILES string of the molecule is CC1(C)c2ccccc2Sc2ccc(N(c3ccccc3C3(c4ccccc4)c4ccccc4-c4ccccc43)c3cc4c(c5ccccc35)C(c3ccccc3)Cc3ccccc3-4)cc21. The van der Waals surface area contributed by atoms with Gasteiger partial charge in [0.25, 0.3) is 0 Å². The lowest BCUT2D eigenvalue weighted by Gasteiger charge is -2.40. The molecule has 314 valence electrons. The summed E-state index contributed by atoms with van der Waals surface area (Å²) in [5.74, 6) is 0.213. The molecule has 2 aliphatic carbocycles. The number of rotatable bonds is 6. The van der Waals surface area contributed by atoms with E-state index in [0.717, 1.165) is 17.8 Å². The van der Waals surface area contributed by atoms with Crippen molar-refractivity contribution in [1.82, 2.24) is 0 Å². The van der Waals surface area contributed by atoms with Gasteiger partial charge in [-0.05, 0) is 121 Å². The number of benzene rings is 10. The molecule has 0 aromatic heterocycles. The van der Waals surface area contributed by atoms with Gasteiger partial charge in [0.15, 0.2) is 0 Å². The number of anilines is 3. The van der Waals surface area contributed by atoms with Gasteiger partial charge in [-0.2, -0.15) is 0 Å². The maximum absolute atomic E-state index is 2.63. The summed E-state index contributed by atoms with van der Waals surface area (Å²) >= 11 is 1.89. The van der Waals surface area contributed by atoms with Gasteiger partial charge < -0.3 is 4.90 Å². The Kier molecular flexibility index (Phi) is 8.92. The molecule has 2 heteroatoms. The molecule has 3 aliphatic rings. The molecule has 1 heterocycles. The monoisotopic (exact) mass is 861 g/mol. The van der Waals surface area contributed by atoms with Crippen molar-refractivity contribution >= 4 is 39.6 Å². The van der Waals surface area contributed by atoms with Crippen LogP contribution in [0.2, 0.25) is 0 Å². The Morgan fingerprint density at radius 1 is 0.424 bits per heavy atom. The standard InChI is InChI=1S/C64H47NS/c1-63(2)56-34-18-20-36-60(56)66-61-38-37-45(40-57(61)63)65(59-41-52-46-26-10-9-23-43(46)39-51(42-21-5-3-6-22-42)62(52)50-30-12-11-29-49(50)59)58-35-19-17-33-55(58)64(44-24-7-4-8-25-44)53-31-15-13-27-47(53)48-28-14-16-32-54(48)64/h3-38,40-41,51H,39H2,1-2H3. The molecule has 10 aromatic rings. The lowest BCUT2D eigenvalue weighted by atomic mass is 9.67. The van der Waals surface area contributed by atoms with Crippen LogP contribution in [0.3, 0.4) is 0 Å². The Hall–Kier alpha value is -7.39. The summed E-state index contributed by atoms with van der Waals surface area (Å²) in [6, 6.07) is 87.0. The molecule has 0 spiro atoms. The van der Waals surface area contributed by atoms with Crippen LogP contribution in [0.5, 0.6) is 0 Å². The lowest BCUT2D eigenvalue weighted by Crippen LogP contribution is -2.31. The molecule has 0 saturated heterocycles. The van der Waals surface area contributed by atoms with Crippen molar-refractivity contribution in [3.63, 3.8) is 0 Å². The fraction of sp³-hybridized carbons (Fsp3) is 0.0938. The van der Waals surface area contributed by atoms with Crippen molar-refractivity contribution in [3.05, 3.63) is 281 Å². The van der Waals surface area contributed by atoms with E-state index in [1.165, 1.54) is 98.6 Å². The third-order valence-corrected chi connectivity index (χ3v) is 16.1. The second-order valence-corrected chi connectivity index (χ2v) is 19.8. The minimum atomic E-state index is -0.611. The van der Waals surface area contributed by atoms with E-state index in [1.54, 1.807) is 0 Å². The summed E-state index contributed by atoms with van der Waals surface area (Å²) < 4.78 is 0. The highest BCUT2D eigenvalue weighted by Crippen LogP contribution is 2.60. The van der Waals surface area contributed by atoms with Crippen LogP contribution in [-0.2, 0) is 17.3 Å². The third kappa shape index (κ3) is 5.68. The number of fused-ring (bicyclic) bond motifs is 10. The lowest BCUT2D eigenvalue weighted by molar-refractivity contribution is 0.607. The zero-order valence-electron chi connectivity index (χ0n) is 37.1. The van der Waals surface area contributed by atoms with E-state index in [-0.39, 0.29) is 11.3 Å². The molecule has 0 N–H and O–H groups in total. The van der Waals surface area contributed by atoms with E-state index in [9.17, 15) is 0 Å². The molecule has 1 unspecified atom stereocenters. The van der Waals surface area contributed by atoms with Gasteiger partial charge in [0.1, 0.15) is 0 Å². The van der Waals surface area contributed by atoms with E-state index in [0.29, 0.717) is 0 Å². The zero-order valence-corrected chi connectivity index (χ0v) is 37.9. The van der Waals surface area contributed by atoms with Crippen molar-refractivity contribution in [1.29, 1.82) is 0 Å². The average molecular weight is 862 g/mol. The van der Waals surface area contributed by atoms with Crippen molar-refractivity contribution in [2.45, 2.75) is 46.8 Å². The molecule has 0 amide bonds. The van der Waals surface area contributed by atoms with Gasteiger partial charge >= 0.3 is 0 Å². The van der Waals surface area contributed by atoms with Gasteiger partial charge in [0.2, 0.25) is 0 Å². The van der Waals surface area contributed by atoms with Gasteiger partial charge in [-0.3, -0.25) is 0 Å². The van der Waals surface area contributed by atoms with Crippen LogP contribution in [0.1, 0.15) is 69.8 Å². The van der Waals surface area contributed by atoms with Crippen LogP contribution in [-0.4, -0.2) is 0 Å². The second-order valence-electron chi connectivity index (χ2n) is 18.7. The Morgan fingerprint density at radius 3 is 1.73 bits per heavy atom. The molecule has 0 fully saturated rings. The van der Waals surface area contributed by atoms with Crippen molar-refractivity contribution in [2.75, 3.05) is 4.90 Å². The topological polar surface area (TPSA) is 3.24 Å². The van der Waals surface area contributed by atoms with Crippen LogP contribution in [0.15, 0.2) is 240 Å². The fourth-order valence-electron chi connectivity index (χ4n) is 12.1. The van der Waals surface area contributed by atoms with Crippen LogP contribution in [0.25, 0.3) is 33.0 Å². The Morgan fingerprint density at radius 2 is 0.985 bits per heavy atom. The maximum Gasteiger partial charge on any atom is 0.0733 e. The molecule has 1 atom stereocenters. The predicted molar refractivity (Wildman–Crippen MR) is 276 cm³/mol. The zero-order chi connectivity index (χ0) is 44.0. The Balaban J connectivity index is 1.15. The summed E-state index contributed by atoms with van der Waals surface area (Å²) in [4.78, 5) is 5.27. The molecule has 0 saturated carbocycles. The highest BCUT2D eigenvalue weighted by molar-refractivity contribution is 7.99. The van der Waals surface area contributed by atoms with Gasteiger partial charge in [-0.15, -0.1) is 0 Å². The maximum atomic E-state index is 2.63. The second kappa shape index (κ2) is 15.1. The van der Waals surface area contributed by atoms with Gasteiger partial charge in [-0.1, -0.05) is 220 Å². The number of para-hydroxylation sites is 1. The van der Waals surface area contributed by atoms with Crippen molar-refractivity contribution in [3.8, 4) is 22.3 Å². The van der Waals surface area contributed by atoms with Crippen LogP contribution in [0, 0.1) is 0 Å². The van der Waals surface area contributed by atoms with Crippen LogP contribution >= 0.6 is 11.8 Å². The normalized spacial score (nSPS) is 15.7. The summed E-state index contributed by atoms with van der Waals surface area (Å²) in [7, 11) is 0. The molecular formula is C64H47NS. The minimum absolute atomic E-state index is 0.213. The van der Waals surface area contributed by atoms with Crippen LogP contribution in [0.4, 0.5) is 17.1 Å². The highest BCUT2D eigenvalue weighted by atomic mass is 32.2. The van der Waals surface area contributed by atoms with E-state index >= 15 is 0 Å². The molecule has 0 radical (unpaired) electrons. The summed E-state index contributed by atoms with van der Waals surface area (Å²) in [5, 5.41) is 2.54. The first kappa shape index (κ1) is 39.0. The van der Waals surface area contributed by atoms with E-state index < -0.39 is 5.41 Å². The molecule has 13 rings (SSSR count). The smallest absolute Gasteiger partial charge is 0.0733 e. The first-order valence-electron chi connectivity index (χ1n) is 23.3. The first-order valence-corrected chi connectivity index (χ1v) is 24.1. The molecule has 66 heavy (non-hydrogen) atoms. The van der Waals surface area contributed by atoms with Crippen LogP contribution < -0.4 is 4.90 Å². The minimum Gasteiger partial charge on any atom is -0.310 e. The highest BCUT2D eigenvalue weighted by Gasteiger charge is 2.48. The van der Waals surface area contributed by atoms with Gasteiger partial charge in [0, 0.05) is 32.2 Å². The molecular weight excluding hydrogens is 815 g/mol. The van der Waals surface area contributed by atoms with Gasteiger partial charge in [0.05, 0.1) is 16.8 Å². The summed E-state index contributed by atoms with van der Waals surface area (Å²) in [6.45, 7) is 4.80. The number of hydrogen-bond donors (Lipinski definition) is 0. The predicted octanol–water partition coefficient (Wildman–Crippen LogP) is 16.8. The molecule has 1 aliphatic heterocycles. The van der Waals surface area contributed by atoms with E-state index in [4.69, 9.17) is 0 Å². The molecule has 10 aromatic carbocycles. The summed E-state index contributed by atoms with van der Waals surface area (Å²) in [6.07, 6.45) is 0.959. The third-order valence-electron chi connectivity index (χ3n) is 15.0. The number of hydrogen-bond acceptors (Lipinski definition) is 2. The van der Waals surface area contributed by atoms with E-state index in [2.05, 4.69) is 249 Å². The first-order chi connectivity index (χ1) is 32.5. The quantitative estimate of drug-likeness (QED) is 0.164. The largest absolute Gasteiger partial charge is 0.310 e. The van der Waals surface area contributed by atoms with Crippen molar-refractivity contribution < 1.29 is 0 Å². The average Bonchev–Trinajstić information content (AvgIpc) is 3.68. The molecule has 0 bridgehead atoms. The summed E-state index contributed by atoms with van der Waals surface area (Å²) in [5.41, 5.74) is 19.8. The Bertz CT molecular complexity index is 3490. The van der Waals surface area contributed by atoms with E-state index in [1.807, 2.05) is 11.8 Å². The van der Waals surface area contributed by atoms with Crippen molar-refractivity contribution in [2.24, 2.45) is 0 Å². The number of nitrogens with zero attached hydrogens (tertiary/aromatic N) is 1.